The summed E-state index contributed by atoms with van der Waals surface area (Å²) in [5, 5.41) is 0. The molecule has 0 unspecified atom stereocenters. The van der Waals surface area contributed by atoms with Crippen molar-refractivity contribution in [2.45, 2.75) is 13.8 Å². The highest BCUT2D eigenvalue weighted by atomic mass is 16.2. The molecule has 1 aromatic rings. The van der Waals surface area contributed by atoms with Gasteiger partial charge in [-0.25, -0.2) is 0 Å². The average molecular weight is 206 g/mol. The maximum Gasteiger partial charge on any atom is 0.253 e. The average Bonchev–Trinajstić information content (AvgIpc) is 2.17. The van der Waals surface area contributed by atoms with Crippen LogP contribution in [0, 0.1) is 5.92 Å². The molecule has 15 heavy (non-hydrogen) atoms. The quantitative estimate of drug-likeness (QED) is 0.769. The Morgan fingerprint density at radius 2 is 1.87 bits per heavy atom. The van der Waals surface area contributed by atoms with Gasteiger partial charge in [-0.15, -0.1) is 0 Å². The molecule has 3 nitrogen and oxygen atoms in total. The number of carbonyl (C=O) groups is 1. The minimum absolute atomic E-state index is 0.0451. The van der Waals surface area contributed by atoms with E-state index in [1.165, 1.54) is 0 Å². The Kier molecular flexibility index (Phi) is 3.72. The number of anilines is 1. The smallest absolute Gasteiger partial charge is 0.253 e. The summed E-state index contributed by atoms with van der Waals surface area (Å²) >= 11 is 0. The lowest BCUT2D eigenvalue weighted by Gasteiger charge is -2.19. The second-order valence-electron chi connectivity index (χ2n) is 4.20. The standard InChI is InChI=1S/C12H18N2O/c1-9(2)8-14(3)12(15)10-4-6-11(13)7-5-10/h4-7,9H,8,13H2,1-3H3. The van der Waals surface area contributed by atoms with Crippen molar-refractivity contribution in [3.63, 3.8) is 0 Å². The van der Waals surface area contributed by atoms with Gasteiger partial charge < -0.3 is 10.6 Å². The molecule has 0 aliphatic carbocycles. The van der Waals surface area contributed by atoms with Crippen molar-refractivity contribution in [3.05, 3.63) is 29.8 Å². The molecule has 0 atom stereocenters. The molecule has 0 aromatic heterocycles. The van der Waals surface area contributed by atoms with Crippen molar-refractivity contribution < 1.29 is 4.79 Å². The Bertz CT molecular complexity index is 330. The molecule has 1 amide bonds. The second kappa shape index (κ2) is 4.82. The summed E-state index contributed by atoms with van der Waals surface area (Å²) in [6.07, 6.45) is 0. The first-order chi connectivity index (χ1) is 7.00. The lowest BCUT2D eigenvalue weighted by Crippen LogP contribution is -2.30. The number of benzene rings is 1. The number of amides is 1. The van der Waals surface area contributed by atoms with E-state index in [-0.39, 0.29) is 5.91 Å². The topological polar surface area (TPSA) is 46.3 Å². The van der Waals surface area contributed by atoms with Crippen molar-refractivity contribution in [2.75, 3.05) is 19.3 Å². The molecule has 3 heteroatoms. The van der Waals surface area contributed by atoms with E-state index >= 15 is 0 Å². The molecule has 2 N–H and O–H groups in total. The van der Waals surface area contributed by atoms with Gasteiger partial charge in [0.15, 0.2) is 0 Å². The van der Waals surface area contributed by atoms with Crippen molar-refractivity contribution in [3.8, 4) is 0 Å². The highest BCUT2D eigenvalue weighted by Crippen LogP contribution is 2.08. The molecule has 1 aromatic carbocycles. The highest BCUT2D eigenvalue weighted by molar-refractivity contribution is 5.94. The number of rotatable bonds is 3. The van der Waals surface area contributed by atoms with Crippen LogP contribution in [0.25, 0.3) is 0 Å². The Hall–Kier alpha value is -1.51. The van der Waals surface area contributed by atoms with E-state index in [9.17, 15) is 4.79 Å². The van der Waals surface area contributed by atoms with Gasteiger partial charge in [-0.05, 0) is 30.2 Å². The van der Waals surface area contributed by atoms with Gasteiger partial charge in [-0.2, -0.15) is 0 Å². The molecule has 0 aliphatic rings. The van der Waals surface area contributed by atoms with Gasteiger partial charge in [0, 0.05) is 24.8 Å². The van der Waals surface area contributed by atoms with Crippen LogP contribution in [0.15, 0.2) is 24.3 Å². The Balaban J connectivity index is 2.72. The third kappa shape index (κ3) is 3.27. The third-order valence-corrected chi connectivity index (χ3v) is 2.14. The Morgan fingerprint density at radius 1 is 1.33 bits per heavy atom. The number of nitrogens with zero attached hydrogens (tertiary/aromatic N) is 1. The van der Waals surface area contributed by atoms with Gasteiger partial charge in [-0.1, -0.05) is 13.8 Å². The van der Waals surface area contributed by atoms with Crippen molar-refractivity contribution >= 4 is 11.6 Å². The Morgan fingerprint density at radius 3 is 2.33 bits per heavy atom. The summed E-state index contributed by atoms with van der Waals surface area (Å²) < 4.78 is 0. The summed E-state index contributed by atoms with van der Waals surface area (Å²) in [6.45, 7) is 4.95. The molecule has 1 rings (SSSR count). The maximum atomic E-state index is 11.9. The van der Waals surface area contributed by atoms with Crippen LogP contribution >= 0.6 is 0 Å². The fourth-order valence-corrected chi connectivity index (χ4v) is 1.48. The molecule has 0 radical (unpaired) electrons. The maximum absolute atomic E-state index is 11.9. The highest BCUT2D eigenvalue weighted by Gasteiger charge is 2.11. The number of nitrogen functional groups attached to an aromatic ring is 1. The van der Waals surface area contributed by atoms with Crippen LogP contribution < -0.4 is 5.73 Å². The molecular formula is C12H18N2O. The van der Waals surface area contributed by atoms with Crippen LogP contribution in [0.2, 0.25) is 0 Å². The van der Waals surface area contributed by atoms with Crippen LogP contribution in [0.5, 0.6) is 0 Å². The van der Waals surface area contributed by atoms with Crippen LogP contribution in [0.4, 0.5) is 5.69 Å². The predicted molar refractivity (Wildman–Crippen MR) is 62.7 cm³/mol. The van der Waals surface area contributed by atoms with Gasteiger partial charge >= 0.3 is 0 Å². The van der Waals surface area contributed by atoms with E-state index in [1.54, 1.807) is 29.2 Å². The molecule has 0 saturated heterocycles. The van der Waals surface area contributed by atoms with Crippen molar-refractivity contribution in [1.29, 1.82) is 0 Å². The lowest BCUT2D eigenvalue weighted by atomic mass is 10.1. The third-order valence-electron chi connectivity index (χ3n) is 2.14. The first-order valence-corrected chi connectivity index (χ1v) is 5.11. The number of hydrogen-bond donors (Lipinski definition) is 1. The zero-order valence-electron chi connectivity index (χ0n) is 9.53. The second-order valence-corrected chi connectivity index (χ2v) is 4.20. The molecule has 0 bridgehead atoms. The van der Waals surface area contributed by atoms with E-state index < -0.39 is 0 Å². The normalized spacial score (nSPS) is 10.4. The number of carbonyl (C=O) groups excluding carboxylic acids is 1. The predicted octanol–water partition coefficient (Wildman–Crippen LogP) is 2.00. The number of hydrogen-bond acceptors (Lipinski definition) is 2. The van der Waals surface area contributed by atoms with Crippen LogP contribution in [-0.2, 0) is 0 Å². The van der Waals surface area contributed by atoms with Crippen LogP contribution in [-0.4, -0.2) is 24.4 Å². The summed E-state index contributed by atoms with van der Waals surface area (Å²) in [5.74, 6) is 0.524. The van der Waals surface area contributed by atoms with E-state index in [4.69, 9.17) is 5.73 Å². The minimum Gasteiger partial charge on any atom is -0.399 e. The summed E-state index contributed by atoms with van der Waals surface area (Å²) in [7, 11) is 1.82. The summed E-state index contributed by atoms with van der Waals surface area (Å²) in [4.78, 5) is 13.6. The largest absolute Gasteiger partial charge is 0.399 e. The summed E-state index contributed by atoms with van der Waals surface area (Å²) in [6, 6.07) is 7.01. The van der Waals surface area contributed by atoms with Crippen LogP contribution in [0.3, 0.4) is 0 Å². The van der Waals surface area contributed by atoms with Crippen LogP contribution in [0.1, 0.15) is 24.2 Å². The monoisotopic (exact) mass is 206 g/mol. The minimum atomic E-state index is 0.0451. The van der Waals surface area contributed by atoms with Gasteiger partial charge in [0.05, 0.1) is 0 Å². The van der Waals surface area contributed by atoms with Gasteiger partial charge in [-0.3, -0.25) is 4.79 Å². The van der Waals surface area contributed by atoms with Gasteiger partial charge in [0.2, 0.25) is 0 Å². The molecule has 0 aliphatic heterocycles. The van der Waals surface area contributed by atoms with Crippen molar-refractivity contribution in [2.24, 2.45) is 5.92 Å². The zero-order chi connectivity index (χ0) is 11.4. The Labute approximate surface area is 90.9 Å². The summed E-state index contributed by atoms with van der Waals surface area (Å²) in [5.41, 5.74) is 6.92. The molecule has 82 valence electrons. The van der Waals surface area contributed by atoms with Gasteiger partial charge in [0.25, 0.3) is 5.91 Å². The molecule has 0 fully saturated rings. The molecule has 0 spiro atoms. The first kappa shape index (κ1) is 11.6. The molecule has 0 saturated carbocycles. The van der Waals surface area contributed by atoms with E-state index in [1.807, 2.05) is 7.05 Å². The fraction of sp³-hybridized carbons (Fsp3) is 0.417. The van der Waals surface area contributed by atoms with Gasteiger partial charge in [0.1, 0.15) is 0 Å². The van der Waals surface area contributed by atoms with E-state index in [0.29, 0.717) is 17.2 Å². The fourth-order valence-electron chi connectivity index (χ4n) is 1.48. The molecular weight excluding hydrogens is 188 g/mol. The number of nitrogens with two attached hydrogens (primary N) is 1. The van der Waals surface area contributed by atoms with Crippen molar-refractivity contribution in [1.82, 2.24) is 4.90 Å². The zero-order valence-corrected chi connectivity index (χ0v) is 9.53. The van der Waals surface area contributed by atoms with E-state index in [0.717, 1.165) is 6.54 Å². The SMILES string of the molecule is CC(C)CN(C)C(=O)c1ccc(N)cc1. The molecule has 0 heterocycles. The first-order valence-electron chi connectivity index (χ1n) is 5.11. The lowest BCUT2D eigenvalue weighted by molar-refractivity contribution is 0.0779. The van der Waals surface area contributed by atoms with E-state index in [2.05, 4.69) is 13.8 Å².